The first-order valence-corrected chi connectivity index (χ1v) is 5.66. The highest BCUT2D eigenvalue weighted by Gasteiger charge is 2.10. The molecule has 0 aliphatic rings. The summed E-state index contributed by atoms with van der Waals surface area (Å²) >= 11 is 0. The van der Waals surface area contributed by atoms with E-state index in [0.29, 0.717) is 5.92 Å². The minimum Gasteiger partial charge on any atom is -0.333 e. The average Bonchev–Trinajstić information content (AvgIpc) is 2.49. The zero-order chi connectivity index (χ0) is 11.5. The first-order valence-electron chi connectivity index (χ1n) is 5.66. The highest BCUT2D eigenvalue weighted by Crippen LogP contribution is 2.11. The third-order valence-electron chi connectivity index (χ3n) is 2.27. The molecule has 0 saturated heterocycles. The van der Waals surface area contributed by atoms with Crippen LogP contribution in [0.2, 0.25) is 0 Å². The Morgan fingerprint density at radius 1 is 1.40 bits per heavy atom. The van der Waals surface area contributed by atoms with Crippen molar-refractivity contribution in [1.29, 1.82) is 0 Å². The maximum atomic E-state index is 4.37. The molecule has 0 bridgehead atoms. The molecule has 0 amide bonds. The predicted molar refractivity (Wildman–Crippen MR) is 64.1 cm³/mol. The van der Waals surface area contributed by atoms with E-state index in [9.17, 15) is 0 Å². The largest absolute Gasteiger partial charge is 0.333 e. The fourth-order valence-corrected chi connectivity index (χ4v) is 1.56. The van der Waals surface area contributed by atoms with Gasteiger partial charge in [0.1, 0.15) is 5.82 Å². The van der Waals surface area contributed by atoms with E-state index in [1.807, 2.05) is 6.20 Å². The Balaban J connectivity index is 2.47. The van der Waals surface area contributed by atoms with Gasteiger partial charge >= 0.3 is 0 Å². The van der Waals surface area contributed by atoms with Crippen LogP contribution in [0.5, 0.6) is 0 Å². The molecule has 15 heavy (non-hydrogen) atoms. The monoisotopic (exact) mass is 209 g/mol. The van der Waals surface area contributed by atoms with Crippen LogP contribution in [0.4, 0.5) is 0 Å². The molecule has 0 unspecified atom stereocenters. The van der Waals surface area contributed by atoms with E-state index >= 15 is 0 Å². The molecule has 3 heteroatoms. The number of nitrogens with one attached hydrogen (secondary N) is 1. The van der Waals surface area contributed by atoms with Crippen molar-refractivity contribution in [2.45, 2.75) is 52.6 Å². The van der Waals surface area contributed by atoms with E-state index in [-0.39, 0.29) is 5.54 Å². The van der Waals surface area contributed by atoms with Crippen LogP contribution in [0, 0.1) is 0 Å². The Hall–Kier alpha value is -0.830. The summed E-state index contributed by atoms with van der Waals surface area (Å²) < 4.78 is 2.23. The van der Waals surface area contributed by atoms with Gasteiger partial charge in [-0.3, -0.25) is 0 Å². The molecule has 0 radical (unpaired) electrons. The fraction of sp³-hybridized carbons (Fsp3) is 0.750. The summed E-state index contributed by atoms with van der Waals surface area (Å²) in [5.74, 6) is 1.67. The van der Waals surface area contributed by atoms with E-state index in [1.165, 1.54) is 5.82 Å². The number of aromatic nitrogens is 2. The van der Waals surface area contributed by atoms with Gasteiger partial charge in [0, 0.05) is 36.9 Å². The highest BCUT2D eigenvalue weighted by molar-refractivity contribution is 4.97. The van der Waals surface area contributed by atoms with Gasteiger partial charge in [-0.05, 0) is 20.8 Å². The standard InChI is InChI=1S/C12H23N3/c1-10(2)11-13-6-8-15(11)9-7-14-12(3,4)5/h6,8,10,14H,7,9H2,1-5H3. The average molecular weight is 209 g/mol. The fourth-order valence-electron chi connectivity index (χ4n) is 1.56. The topological polar surface area (TPSA) is 29.9 Å². The van der Waals surface area contributed by atoms with Crippen molar-refractivity contribution in [2.75, 3.05) is 6.54 Å². The van der Waals surface area contributed by atoms with Crippen LogP contribution in [0.25, 0.3) is 0 Å². The second kappa shape index (κ2) is 4.79. The van der Waals surface area contributed by atoms with Gasteiger partial charge in [-0.2, -0.15) is 0 Å². The van der Waals surface area contributed by atoms with Crippen molar-refractivity contribution in [1.82, 2.24) is 14.9 Å². The Labute approximate surface area is 92.9 Å². The molecular formula is C12H23N3. The second-order valence-corrected chi connectivity index (χ2v) is 5.31. The molecule has 3 nitrogen and oxygen atoms in total. The predicted octanol–water partition coefficient (Wildman–Crippen LogP) is 2.39. The van der Waals surface area contributed by atoms with Gasteiger partial charge in [0.2, 0.25) is 0 Å². The van der Waals surface area contributed by atoms with Crippen LogP contribution in [0.15, 0.2) is 12.4 Å². The maximum absolute atomic E-state index is 4.37. The zero-order valence-corrected chi connectivity index (χ0v) is 10.5. The number of hydrogen-bond acceptors (Lipinski definition) is 2. The van der Waals surface area contributed by atoms with Crippen molar-refractivity contribution < 1.29 is 0 Å². The molecule has 1 aromatic rings. The minimum atomic E-state index is 0.193. The van der Waals surface area contributed by atoms with Gasteiger partial charge in [-0.15, -0.1) is 0 Å². The SMILES string of the molecule is CC(C)c1nccn1CCNC(C)(C)C. The quantitative estimate of drug-likeness (QED) is 0.825. The molecule has 1 rings (SSSR count). The van der Waals surface area contributed by atoms with Crippen LogP contribution < -0.4 is 5.32 Å². The Morgan fingerprint density at radius 3 is 2.60 bits per heavy atom. The lowest BCUT2D eigenvalue weighted by Crippen LogP contribution is -2.37. The van der Waals surface area contributed by atoms with Gasteiger partial charge in [-0.1, -0.05) is 13.8 Å². The molecule has 0 atom stereocenters. The van der Waals surface area contributed by atoms with Gasteiger partial charge in [0.05, 0.1) is 0 Å². The van der Waals surface area contributed by atoms with Crippen molar-refractivity contribution in [3.05, 3.63) is 18.2 Å². The third-order valence-corrected chi connectivity index (χ3v) is 2.27. The van der Waals surface area contributed by atoms with Gasteiger partial charge in [0.15, 0.2) is 0 Å². The van der Waals surface area contributed by atoms with E-state index in [2.05, 4.69) is 55.7 Å². The molecule has 86 valence electrons. The molecule has 0 spiro atoms. The summed E-state index contributed by atoms with van der Waals surface area (Å²) in [7, 11) is 0. The van der Waals surface area contributed by atoms with Crippen molar-refractivity contribution >= 4 is 0 Å². The van der Waals surface area contributed by atoms with E-state index in [0.717, 1.165) is 13.1 Å². The molecule has 0 aromatic carbocycles. The first-order chi connectivity index (χ1) is 6.90. The molecule has 1 N–H and O–H groups in total. The van der Waals surface area contributed by atoms with Crippen molar-refractivity contribution in [3.8, 4) is 0 Å². The minimum absolute atomic E-state index is 0.193. The van der Waals surface area contributed by atoms with Crippen LogP contribution in [-0.2, 0) is 6.54 Å². The smallest absolute Gasteiger partial charge is 0.111 e. The van der Waals surface area contributed by atoms with E-state index < -0.39 is 0 Å². The Bertz CT molecular complexity index is 294. The zero-order valence-electron chi connectivity index (χ0n) is 10.5. The van der Waals surface area contributed by atoms with E-state index in [4.69, 9.17) is 0 Å². The molecule has 0 saturated carbocycles. The number of imidazole rings is 1. The summed E-state index contributed by atoms with van der Waals surface area (Å²) in [6, 6.07) is 0. The van der Waals surface area contributed by atoms with Gasteiger partial charge in [0.25, 0.3) is 0 Å². The van der Waals surface area contributed by atoms with Crippen LogP contribution in [0.3, 0.4) is 0 Å². The Kier molecular flexibility index (Phi) is 3.91. The second-order valence-electron chi connectivity index (χ2n) is 5.31. The molecular weight excluding hydrogens is 186 g/mol. The number of hydrogen-bond donors (Lipinski definition) is 1. The number of rotatable bonds is 4. The molecule has 1 heterocycles. The summed E-state index contributed by atoms with van der Waals surface area (Å²) in [6.07, 6.45) is 3.94. The summed E-state index contributed by atoms with van der Waals surface area (Å²) in [5, 5.41) is 3.48. The lowest BCUT2D eigenvalue weighted by Gasteiger charge is -2.21. The van der Waals surface area contributed by atoms with Crippen molar-refractivity contribution in [2.24, 2.45) is 0 Å². The molecule has 0 aliphatic heterocycles. The number of nitrogens with zero attached hydrogens (tertiary/aromatic N) is 2. The van der Waals surface area contributed by atoms with Gasteiger partial charge in [-0.25, -0.2) is 4.98 Å². The van der Waals surface area contributed by atoms with E-state index in [1.54, 1.807) is 0 Å². The lowest BCUT2D eigenvalue weighted by atomic mass is 10.1. The maximum Gasteiger partial charge on any atom is 0.111 e. The summed E-state index contributed by atoms with van der Waals surface area (Å²) in [5.41, 5.74) is 0.193. The van der Waals surface area contributed by atoms with Gasteiger partial charge < -0.3 is 9.88 Å². The van der Waals surface area contributed by atoms with Crippen molar-refractivity contribution in [3.63, 3.8) is 0 Å². The molecule has 0 aliphatic carbocycles. The summed E-state index contributed by atoms with van der Waals surface area (Å²) in [6.45, 7) is 12.9. The van der Waals surface area contributed by atoms with Crippen LogP contribution in [0.1, 0.15) is 46.4 Å². The van der Waals surface area contributed by atoms with Crippen LogP contribution >= 0.6 is 0 Å². The normalized spacial score (nSPS) is 12.4. The van der Waals surface area contributed by atoms with Crippen LogP contribution in [-0.4, -0.2) is 21.6 Å². The molecule has 0 fully saturated rings. The summed E-state index contributed by atoms with van der Waals surface area (Å²) in [4.78, 5) is 4.37. The first kappa shape index (κ1) is 12.2. The third kappa shape index (κ3) is 4.04. The highest BCUT2D eigenvalue weighted by atomic mass is 15.1. The molecule has 1 aromatic heterocycles. The lowest BCUT2D eigenvalue weighted by molar-refractivity contribution is 0.409. The Morgan fingerprint density at radius 2 is 2.07 bits per heavy atom.